The highest BCUT2D eigenvalue weighted by molar-refractivity contribution is 6.54. The summed E-state index contributed by atoms with van der Waals surface area (Å²) in [7, 11) is 1.54. The Morgan fingerprint density at radius 1 is 0.938 bits per heavy atom. The van der Waals surface area contributed by atoms with E-state index in [-0.39, 0.29) is 0 Å². The average Bonchev–Trinajstić information content (AvgIpc) is 2.32. The number of benzene rings is 1. The molecule has 1 aromatic carbocycles. The van der Waals surface area contributed by atoms with Crippen molar-refractivity contribution in [2.24, 2.45) is 0 Å². The van der Waals surface area contributed by atoms with E-state index < -0.39 is 9.05 Å². The number of aryl methyl sites for hydroxylation is 1. The maximum atomic E-state index is 5.73. The van der Waals surface area contributed by atoms with Crippen molar-refractivity contribution in [3.8, 4) is 5.75 Å². The molecule has 0 N–H and O–H groups in total. The Bertz CT molecular complexity index is 342. The highest BCUT2D eigenvalue weighted by Crippen LogP contribution is 2.24. The van der Waals surface area contributed by atoms with Crippen LogP contribution in [0.1, 0.15) is 11.1 Å². The minimum absolute atomic E-state index is 0.734. The Morgan fingerprint density at radius 3 is 2.00 bits per heavy atom. The van der Waals surface area contributed by atoms with Crippen molar-refractivity contribution in [3.63, 3.8) is 0 Å². The minimum atomic E-state index is -3.01. The molecule has 0 saturated carbocycles. The van der Waals surface area contributed by atoms with Crippen LogP contribution < -0.4 is 4.43 Å². The van der Waals surface area contributed by atoms with Crippen LogP contribution in [0.5, 0.6) is 5.75 Å². The van der Waals surface area contributed by atoms with Gasteiger partial charge >= 0.3 is 9.05 Å². The molecule has 0 aromatic heterocycles. The maximum Gasteiger partial charge on any atom is 0.748 e. The van der Waals surface area contributed by atoms with Crippen LogP contribution in [0.2, 0.25) is 0 Å². The van der Waals surface area contributed by atoms with E-state index in [2.05, 4.69) is 0 Å². The summed E-state index contributed by atoms with van der Waals surface area (Å²) < 4.78 is 21.4. The molecule has 0 unspecified atom stereocenters. The second-order valence-electron chi connectivity index (χ2n) is 3.41. The van der Waals surface area contributed by atoms with Crippen molar-refractivity contribution in [2.75, 3.05) is 21.3 Å². The molecule has 4 nitrogen and oxygen atoms in total. The third-order valence-corrected chi connectivity index (χ3v) is 4.51. The molecule has 0 spiro atoms. The van der Waals surface area contributed by atoms with Gasteiger partial charge < -0.3 is 17.7 Å². The van der Waals surface area contributed by atoms with Gasteiger partial charge in [-0.05, 0) is 31.0 Å². The van der Waals surface area contributed by atoms with Gasteiger partial charge in [-0.1, -0.05) is 12.1 Å². The first-order valence-electron chi connectivity index (χ1n) is 4.99. The lowest BCUT2D eigenvalue weighted by atomic mass is 10.1. The smallest absolute Gasteiger partial charge is 0.480 e. The summed E-state index contributed by atoms with van der Waals surface area (Å²) in [6.07, 6.45) is 0. The molecule has 0 heterocycles. The first kappa shape index (κ1) is 13.2. The van der Waals surface area contributed by atoms with Gasteiger partial charge in [0.15, 0.2) is 0 Å². The highest BCUT2D eigenvalue weighted by Gasteiger charge is 2.45. The van der Waals surface area contributed by atoms with Gasteiger partial charge in [0.2, 0.25) is 0 Å². The Kier molecular flexibility index (Phi) is 4.49. The summed E-state index contributed by atoms with van der Waals surface area (Å²) in [4.78, 5) is 0. The molecule has 5 heteroatoms. The SMILES string of the molecule is CO[Si](OC)(OC)Oc1cccc(C)c1C. The molecule has 90 valence electrons. The Labute approximate surface area is 97.6 Å². The zero-order valence-electron chi connectivity index (χ0n) is 10.4. The molecule has 0 fully saturated rings. The quantitative estimate of drug-likeness (QED) is 0.741. The molecule has 0 aliphatic heterocycles. The fourth-order valence-electron chi connectivity index (χ4n) is 1.34. The van der Waals surface area contributed by atoms with Crippen LogP contribution in [-0.2, 0) is 13.3 Å². The standard InChI is InChI=1S/C11H18O4Si/c1-9-7-6-8-11(10(9)2)15-16(12-3,13-4)14-5/h6-8H,1-5H3. The van der Waals surface area contributed by atoms with Gasteiger partial charge in [0, 0.05) is 21.3 Å². The van der Waals surface area contributed by atoms with Crippen molar-refractivity contribution in [1.82, 2.24) is 0 Å². The fraction of sp³-hybridized carbons (Fsp3) is 0.455. The Hall–Kier alpha value is -0.883. The highest BCUT2D eigenvalue weighted by atomic mass is 28.4. The molecule has 1 aromatic rings. The summed E-state index contributed by atoms with van der Waals surface area (Å²) in [5.74, 6) is 0.734. The van der Waals surface area contributed by atoms with Gasteiger partial charge in [0.05, 0.1) is 0 Å². The third-order valence-electron chi connectivity index (χ3n) is 2.54. The van der Waals surface area contributed by atoms with Gasteiger partial charge in [0.1, 0.15) is 5.75 Å². The van der Waals surface area contributed by atoms with E-state index in [0.29, 0.717) is 0 Å². The van der Waals surface area contributed by atoms with E-state index in [1.165, 1.54) is 21.3 Å². The second kappa shape index (κ2) is 5.45. The molecule has 1 rings (SSSR count). The first-order chi connectivity index (χ1) is 7.58. The normalized spacial score (nSPS) is 11.6. The van der Waals surface area contributed by atoms with Gasteiger partial charge in [-0.3, -0.25) is 0 Å². The van der Waals surface area contributed by atoms with Crippen molar-refractivity contribution >= 4 is 9.05 Å². The summed E-state index contributed by atoms with van der Waals surface area (Å²) in [6.45, 7) is 4.02. The van der Waals surface area contributed by atoms with Crippen LogP contribution in [0.25, 0.3) is 0 Å². The van der Waals surface area contributed by atoms with E-state index in [1.54, 1.807) is 0 Å². The number of hydrogen-bond acceptors (Lipinski definition) is 4. The largest absolute Gasteiger partial charge is 0.748 e. The summed E-state index contributed by atoms with van der Waals surface area (Å²) in [5.41, 5.74) is 2.22. The van der Waals surface area contributed by atoms with Gasteiger partial charge in [-0.2, -0.15) is 0 Å². The average molecular weight is 242 g/mol. The van der Waals surface area contributed by atoms with E-state index in [9.17, 15) is 0 Å². The van der Waals surface area contributed by atoms with Crippen molar-refractivity contribution in [1.29, 1.82) is 0 Å². The van der Waals surface area contributed by atoms with Crippen LogP contribution in [0.3, 0.4) is 0 Å². The maximum absolute atomic E-state index is 5.73. The fourth-order valence-corrected chi connectivity index (χ4v) is 2.58. The Balaban J connectivity index is 2.98. The lowest BCUT2D eigenvalue weighted by Crippen LogP contribution is -2.49. The lowest BCUT2D eigenvalue weighted by Gasteiger charge is -2.24. The molecule has 0 amide bonds. The van der Waals surface area contributed by atoms with Crippen LogP contribution in [0.15, 0.2) is 18.2 Å². The molecule has 0 aliphatic rings. The molecule has 16 heavy (non-hydrogen) atoms. The first-order valence-corrected chi connectivity index (χ1v) is 6.62. The van der Waals surface area contributed by atoms with Crippen molar-refractivity contribution in [2.45, 2.75) is 13.8 Å². The minimum Gasteiger partial charge on any atom is -0.480 e. The zero-order chi connectivity index (χ0) is 12.2. The summed E-state index contributed by atoms with van der Waals surface area (Å²) in [5, 5.41) is 0. The van der Waals surface area contributed by atoms with E-state index >= 15 is 0 Å². The van der Waals surface area contributed by atoms with E-state index in [0.717, 1.165) is 16.9 Å². The van der Waals surface area contributed by atoms with Gasteiger partial charge in [-0.15, -0.1) is 0 Å². The number of rotatable bonds is 5. The van der Waals surface area contributed by atoms with Gasteiger partial charge in [-0.25, -0.2) is 0 Å². The molecule has 0 aliphatic carbocycles. The predicted molar refractivity (Wildman–Crippen MR) is 63.3 cm³/mol. The van der Waals surface area contributed by atoms with Crippen LogP contribution >= 0.6 is 0 Å². The molecular weight excluding hydrogens is 224 g/mol. The molecule has 0 bridgehead atoms. The predicted octanol–water partition coefficient (Wildman–Crippen LogP) is 2.06. The second-order valence-corrected chi connectivity index (χ2v) is 5.84. The van der Waals surface area contributed by atoms with Crippen LogP contribution in [0, 0.1) is 13.8 Å². The van der Waals surface area contributed by atoms with E-state index in [4.69, 9.17) is 17.7 Å². The molecular formula is C11H18O4Si. The van der Waals surface area contributed by atoms with Crippen molar-refractivity contribution in [3.05, 3.63) is 29.3 Å². The van der Waals surface area contributed by atoms with Gasteiger partial charge in [0.25, 0.3) is 0 Å². The zero-order valence-corrected chi connectivity index (χ0v) is 11.4. The monoisotopic (exact) mass is 242 g/mol. The van der Waals surface area contributed by atoms with Crippen molar-refractivity contribution < 1.29 is 17.7 Å². The van der Waals surface area contributed by atoms with Crippen LogP contribution in [0.4, 0.5) is 0 Å². The molecule has 0 atom stereocenters. The molecule has 0 saturated heterocycles. The third kappa shape index (κ3) is 2.62. The lowest BCUT2D eigenvalue weighted by molar-refractivity contribution is 0.0508. The summed E-state index contributed by atoms with van der Waals surface area (Å²) in [6, 6.07) is 5.83. The Morgan fingerprint density at radius 2 is 1.50 bits per heavy atom. The van der Waals surface area contributed by atoms with E-state index in [1.807, 2.05) is 32.0 Å². The molecule has 0 radical (unpaired) electrons. The topological polar surface area (TPSA) is 36.9 Å². The summed E-state index contributed by atoms with van der Waals surface area (Å²) >= 11 is 0. The number of hydrogen-bond donors (Lipinski definition) is 0. The van der Waals surface area contributed by atoms with Crippen LogP contribution in [-0.4, -0.2) is 30.4 Å².